The molecule has 2 N–H and O–H groups in total. The van der Waals surface area contributed by atoms with Crippen LogP contribution in [0.5, 0.6) is 11.5 Å². The number of aryl methyl sites for hydroxylation is 1. The fourth-order valence-electron chi connectivity index (χ4n) is 1.60. The molecule has 0 spiro atoms. The van der Waals surface area contributed by atoms with E-state index in [2.05, 4.69) is 15.9 Å². The average Bonchev–Trinajstić information content (AvgIpc) is 2.34. The van der Waals surface area contributed by atoms with Crippen LogP contribution in [0.15, 0.2) is 40.9 Å². The standard InChI is InChI=1S/C14H13BrFNO/c1-9-6-11(15)3-5-13(9)18-14-4-2-10(8-17)7-12(14)16/h2-7H,8,17H2,1H3. The molecule has 0 saturated carbocycles. The SMILES string of the molecule is Cc1cc(Br)ccc1Oc1ccc(CN)cc1F. The first-order valence-corrected chi connectivity index (χ1v) is 6.32. The van der Waals surface area contributed by atoms with Crippen molar-refractivity contribution in [3.8, 4) is 11.5 Å². The number of hydrogen-bond acceptors (Lipinski definition) is 2. The van der Waals surface area contributed by atoms with E-state index in [0.29, 0.717) is 12.3 Å². The molecule has 0 amide bonds. The Hall–Kier alpha value is -1.39. The molecule has 18 heavy (non-hydrogen) atoms. The van der Waals surface area contributed by atoms with Crippen LogP contribution in [0.4, 0.5) is 4.39 Å². The van der Waals surface area contributed by atoms with Gasteiger partial charge in [-0.15, -0.1) is 0 Å². The molecule has 2 aromatic carbocycles. The van der Waals surface area contributed by atoms with Crippen molar-refractivity contribution in [3.63, 3.8) is 0 Å². The van der Waals surface area contributed by atoms with Crippen molar-refractivity contribution < 1.29 is 9.13 Å². The summed E-state index contributed by atoms with van der Waals surface area (Å²) in [5, 5.41) is 0. The first-order valence-electron chi connectivity index (χ1n) is 5.52. The van der Waals surface area contributed by atoms with E-state index in [1.165, 1.54) is 6.07 Å². The third kappa shape index (κ3) is 2.89. The highest BCUT2D eigenvalue weighted by atomic mass is 79.9. The molecule has 94 valence electrons. The summed E-state index contributed by atoms with van der Waals surface area (Å²) in [6.07, 6.45) is 0. The van der Waals surface area contributed by atoms with Gasteiger partial charge >= 0.3 is 0 Å². The van der Waals surface area contributed by atoms with Gasteiger partial charge in [0.05, 0.1) is 0 Å². The minimum absolute atomic E-state index is 0.206. The Morgan fingerprint density at radius 1 is 1.17 bits per heavy atom. The fourth-order valence-corrected chi connectivity index (χ4v) is 2.08. The number of benzene rings is 2. The Kier molecular flexibility index (Phi) is 3.99. The summed E-state index contributed by atoms with van der Waals surface area (Å²) in [6.45, 7) is 2.22. The van der Waals surface area contributed by atoms with Crippen molar-refractivity contribution in [2.24, 2.45) is 5.73 Å². The van der Waals surface area contributed by atoms with Gasteiger partial charge in [-0.3, -0.25) is 0 Å². The Labute approximate surface area is 114 Å². The monoisotopic (exact) mass is 309 g/mol. The van der Waals surface area contributed by atoms with Crippen LogP contribution in [0.1, 0.15) is 11.1 Å². The van der Waals surface area contributed by atoms with Gasteiger partial charge in [-0.05, 0) is 48.4 Å². The second-order valence-corrected chi connectivity index (χ2v) is 4.90. The fraction of sp³-hybridized carbons (Fsp3) is 0.143. The predicted octanol–water partition coefficient (Wildman–Crippen LogP) is 4.15. The van der Waals surface area contributed by atoms with Crippen molar-refractivity contribution >= 4 is 15.9 Å². The third-order valence-corrected chi connectivity index (χ3v) is 3.08. The minimum Gasteiger partial charge on any atom is -0.454 e. The van der Waals surface area contributed by atoms with Crippen molar-refractivity contribution in [1.82, 2.24) is 0 Å². The molecule has 0 bridgehead atoms. The van der Waals surface area contributed by atoms with Crippen LogP contribution in [-0.4, -0.2) is 0 Å². The van der Waals surface area contributed by atoms with E-state index in [1.54, 1.807) is 18.2 Å². The van der Waals surface area contributed by atoms with Crippen LogP contribution in [0.25, 0.3) is 0 Å². The molecule has 0 atom stereocenters. The molecule has 2 nitrogen and oxygen atoms in total. The van der Waals surface area contributed by atoms with E-state index >= 15 is 0 Å². The second kappa shape index (κ2) is 5.50. The molecular weight excluding hydrogens is 297 g/mol. The molecule has 0 aliphatic heterocycles. The topological polar surface area (TPSA) is 35.2 Å². The Morgan fingerprint density at radius 2 is 1.89 bits per heavy atom. The van der Waals surface area contributed by atoms with Crippen molar-refractivity contribution in [2.45, 2.75) is 13.5 Å². The van der Waals surface area contributed by atoms with Gasteiger partial charge in [-0.1, -0.05) is 22.0 Å². The van der Waals surface area contributed by atoms with Crippen LogP contribution in [0, 0.1) is 12.7 Å². The summed E-state index contributed by atoms with van der Waals surface area (Å²) >= 11 is 3.37. The molecule has 0 aromatic heterocycles. The van der Waals surface area contributed by atoms with Gasteiger partial charge < -0.3 is 10.5 Å². The molecule has 0 fully saturated rings. The van der Waals surface area contributed by atoms with Crippen molar-refractivity contribution in [3.05, 3.63) is 57.8 Å². The van der Waals surface area contributed by atoms with E-state index in [9.17, 15) is 4.39 Å². The van der Waals surface area contributed by atoms with E-state index in [4.69, 9.17) is 10.5 Å². The first kappa shape index (κ1) is 13.1. The van der Waals surface area contributed by atoms with E-state index in [-0.39, 0.29) is 5.75 Å². The van der Waals surface area contributed by atoms with Gasteiger partial charge in [0.15, 0.2) is 11.6 Å². The highest BCUT2D eigenvalue weighted by Crippen LogP contribution is 2.29. The van der Waals surface area contributed by atoms with Gasteiger partial charge in [-0.25, -0.2) is 4.39 Å². The molecule has 0 aliphatic carbocycles. The summed E-state index contributed by atoms with van der Waals surface area (Å²) < 4.78 is 20.3. The van der Waals surface area contributed by atoms with Crippen LogP contribution in [0.3, 0.4) is 0 Å². The summed E-state index contributed by atoms with van der Waals surface area (Å²) in [7, 11) is 0. The quantitative estimate of drug-likeness (QED) is 0.924. The molecule has 0 saturated heterocycles. The normalized spacial score (nSPS) is 10.4. The van der Waals surface area contributed by atoms with E-state index < -0.39 is 5.82 Å². The zero-order chi connectivity index (χ0) is 13.1. The van der Waals surface area contributed by atoms with Gasteiger partial charge in [0.1, 0.15) is 5.75 Å². The first-order chi connectivity index (χ1) is 8.60. The lowest BCUT2D eigenvalue weighted by Gasteiger charge is -2.10. The maximum atomic E-state index is 13.7. The van der Waals surface area contributed by atoms with Crippen LogP contribution in [-0.2, 0) is 6.54 Å². The Balaban J connectivity index is 2.28. The minimum atomic E-state index is -0.403. The number of rotatable bonds is 3. The van der Waals surface area contributed by atoms with Crippen molar-refractivity contribution in [1.29, 1.82) is 0 Å². The van der Waals surface area contributed by atoms with Crippen molar-refractivity contribution in [2.75, 3.05) is 0 Å². The van der Waals surface area contributed by atoms with E-state index in [1.807, 2.05) is 19.1 Å². The summed E-state index contributed by atoms with van der Waals surface area (Å²) in [4.78, 5) is 0. The number of hydrogen-bond donors (Lipinski definition) is 1. The molecule has 0 radical (unpaired) electrons. The Bertz CT molecular complexity index is 572. The maximum absolute atomic E-state index is 13.7. The smallest absolute Gasteiger partial charge is 0.166 e. The molecule has 0 aliphatic rings. The lowest BCUT2D eigenvalue weighted by atomic mass is 10.2. The lowest BCUT2D eigenvalue weighted by Crippen LogP contribution is -1.98. The van der Waals surface area contributed by atoms with Gasteiger partial charge in [0.2, 0.25) is 0 Å². The summed E-state index contributed by atoms with van der Waals surface area (Å²) in [5.74, 6) is 0.440. The zero-order valence-electron chi connectivity index (χ0n) is 9.91. The molecule has 0 heterocycles. The van der Waals surface area contributed by atoms with Gasteiger partial charge in [0, 0.05) is 11.0 Å². The molecular formula is C14H13BrFNO. The molecule has 2 rings (SSSR count). The Morgan fingerprint density at radius 3 is 2.50 bits per heavy atom. The highest BCUT2D eigenvalue weighted by molar-refractivity contribution is 9.10. The highest BCUT2D eigenvalue weighted by Gasteiger charge is 2.07. The van der Waals surface area contributed by atoms with Crippen LogP contribution < -0.4 is 10.5 Å². The average molecular weight is 310 g/mol. The number of ether oxygens (including phenoxy) is 1. The second-order valence-electron chi connectivity index (χ2n) is 3.98. The van der Waals surface area contributed by atoms with Crippen LogP contribution in [0.2, 0.25) is 0 Å². The number of halogens is 2. The lowest BCUT2D eigenvalue weighted by molar-refractivity contribution is 0.439. The van der Waals surface area contributed by atoms with Gasteiger partial charge in [0.25, 0.3) is 0 Å². The van der Waals surface area contributed by atoms with Crippen LogP contribution >= 0.6 is 15.9 Å². The predicted molar refractivity (Wildman–Crippen MR) is 73.2 cm³/mol. The molecule has 2 aromatic rings. The summed E-state index contributed by atoms with van der Waals surface area (Å²) in [5.41, 5.74) is 7.13. The van der Waals surface area contributed by atoms with E-state index in [0.717, 1.165) is 15.6 Å². The largest absolute Gasteiger partial charge is 0.454 e. The molecule has 0 unspecified atom stereocenters. The third-order valence-electron chi connectivity index (χ3n) is 2.59. The maximum Gasteiger partial charge on any atom is 0.166 e. The summed E-state index contributed by atoms with van der Waals surface area (Å²) in [6, 6.07) is 10.3. The van der Waals surface area contributed by atoms with Gasteiger partial charge in [-0.2, -0.15) is 0 Å². The zero-order valence-corrected chi connectivity index (χ0v) is 11.5. The number of nitrogens with two attached hydrogens (primary N) is 1. The molecule has 4 heteroatoms.